The van der Waals surface area contributed by atoms with E-state index in [1.807, 2.05) is 36.4 Å². The fraction of sp³-hybridized carbons (Fsp3) is 0.588. The largest absolute Gasteiger partial charge is 0.462 e. The van der Waals surface area contributed by atoms with Crippen molar-refractivity contribution >= 4 is 58.6 Å². The van der Waals surface area contributed by atoms with Crippen LogP contribution in [-0.2, 0) is 16.0 Å². The number of fused-ring (bicyclic) bond motifs is 3. The van der Waals surface area contributed by atoms with E-state index < -0.39 is 0 Å². The van der Waals surface area contributed by atoms with Gasteiger partial charge in [0.15, 0.2) is 0 Å². The molecule has 0 saturated carbocycles. The van der Waals surface area contributed by atoms with Crippen LogP contribution in [0.25, 0.3) is 21.8 Å². The van der Waals surface area contributed by atoms with Gasteiger partial charge in [-0.15, -0.1) is 24.8 Å². The number of esters is 2. The van der Waals surface area contributed by atoms with Crippen molar-refractivity contribution in [2.45, 2.75) is 80.7 Å². The topological polar surface area (TPSA) is 81.6 Å². The molecule has 2 aromatic carbocycles. The number of aromatic nitrogens is 1. The zero-order valence-corrected chi connectivity index (χ0v) is 28.8. The van der Waals surface area contributed by atoms with Crippen LogP contribution in [0, 0.1) is 10.8 Å². The number of nitrogens with zero attached hydrogens (tertiary/aromatic N) is 1. The first-order valence-corrected chi connectivity index (χ1v) is 15.3. The number of halogens is 2. The molecule has 9 heteroatoms. The molecule has 0 aliphatic rings. The van der Waals surface area contributed by atoms with E-state index in [4.69, 9.17) is 9.47 Å². The second kappa shape index (κ2) is 17.8. The Labute approximate surface area is 270 Å². The van der Waals surface area contributed by atoms with Crippen LogP contribution in [0.1, 0.15) is 94.9 Å². The summed E-state index contributed by atoms with van der Waals surface area (Å²) in [4.78, 5) is 26.1. The molecular formula is C34H53Cl2N3O4. The zero-order chi connectivity index (χ0) is 30.0. The third-order valence-corrected chi connectivity index (χ3v) is 7.75. The number of aryl methyl sites for hydroxylation is 1. The van der Waals surface area contributed by atoms with Gasteiger partial charge in [0, 0.05) is 28.4 Å². The summed E-state index contributed by atoms with van der Waals surface area (Å²) in [5, 5.41) is 8.55. The first kappa shape index (κ1) is 38.7. The van der Waals surface area contributed by atoms with E-state index in [0.29, 0.717) is 24.3 Å². The van der Waals surface area contributed by atoms with Crippen molar-refractivity contribution in [3.8, 4) is 0 Å². The number of rotatable bonds is 17. The average molecular weight is 639 g/mol. The normalized spacial score (nSPS) is 11.7. The molecule has 0 saturated heterocycles. The molecule has 0 atom stereocenters. The van der Waals surface area contributed by atoms with Gasteiger partial charge >= 0.3 is 11.9 Å². The number of nitrogens with one attached hydrogen (secondary N) is 2. The molecule has 1 heterocycles. The number of ether oxygens (including phenoxy) is 2. The third kappa shape index (κ3) is 11.0. The van der Waals surface area contributed by atoms with Gasteiger partial charge in [0.25, 0.3) is 0 Å². The van der Waals surface area contributed by atoms with Gasteiger partial charge in [-0.25, -0.2) is 9.59 Å². The minimum absolute atomic E-state index is 0. The van der Waals surface area contributed by atoms with Crippen molar-refractivity contribution in [1.29, 1.82) is 0 Å². The van der Waals surface area contributed by atoms with Crippen molar-refractivity contribution in [1.82, 2.24) is 15.2 Å². The van der Waals surface area contributed by atoms with Crippen LogP contribution < -0.4 is 10.6 Å². The van der Waals surface area contributed by atoms with Crippen LogP contribution in [0.2, 0.25) is 0 Å². The molecule has 3 rings (SSSR count). The average Bonchev–Trinajstić information content (AvgIpc) is 3.27. The summed E-state index contributed by atoms with van der Waals surface area (Å²) in [5.41, 5.74) is 2.89. The number of carbonyl (C=O) groups excluding carboxylic acids is 2. The first-order chi connectivity index (χ1) is 19.5. The summed E-state index contributed by atoms with van der Waals surface area (Å²) < 4.78 is 13.7. The maximum absolute atomic E-state index is 13.1. The van der Waals surface area contributed by atoms with Gasteiger partial charge in [0.1, 0.15) is 0 Å². The molecule has 0 bridgehead atoms. The molecule has 43 heavy (non-hydrogen) atoms. The number of hydrogen-bond donors (Lipinski definition) is 2. The molecule has 3 aromatic rings. The lowest BCUT2D eigenvalue weighted by atomic mass is 9.89. The van der Waals surface area contributed by atoms with E-state index in [2.05, 4.69) is 63.7 Å². The van der Waals surface area contributed by atoms with Gasteiger partial charge < -0.3 is 24.7 Å². The molecule has 1 aromatic heterocycles. The van der Waals surface area contributed by atoms with Crippen LogP contribution >= 0.6 is 24.8 Å². The summed E-state index contributed by atoms with van der Waals surface area (Å²) in [6.45, 7) is 20.2. The van der Waals surface area contributed by atoms with E-state index in [1.165, 1.54) is 0 Å². The Kier molecular flexibility index (Phi) is 16.1. The lowest BCUT2D eigenvalue weighted by Gasteiger charge is -2.24. The Bertz CT molecular complexity index is 1220. The molecule has 242 valence electrons. The molecule has 0 aliphatic heterocycles. The van der Waals surface area contributed by atoms with Gasteiger partial charge in [-0.3, -0.25) is 0 Å². The summed E-state index contributed by atoms with van der Waals surface area (Å²) in [6.07, 6.45) is 4.03. The summed E-state index contributed by atoms with van der Waals surface area (Å²) >= 11 is 0. The standard InChI is InChI=1S/C34H51N3O4.2ClH/c1-8-35-19-11-17-33(4,5)23-40-31(38)25-13-15-29-27(21-25)28-22-26(14-16-30(28)37(29)10-3)32(39)41-24-34(6,7)18-12-20-36-9-2;;/h13-16,21-22,35-36H,8-12,17-20,23-24H2,1-7H3;2*1H. The highest BCUT2D eigenvalue weighted by atomic mass is 35.5. The van der Waals surface area contributed by atoms with E-state index in [0.717, 1.165) is 80.2 Å². The zero-order valence-electron chi connectivity index (χ0n) is 27.1. The van der Waals surface area contributed by atoms with Crippen LogP contribution in [0.4, 0.5) is 0 Å². The molecule has 0 spiro atoms. The van der Waals surface area contributed by atoms with Gasteiger partial charge in [0.2, 0.25) is 0 Å². The van der Waals surface area contributed by atoms with Crippen LogP contribution in [0.5, 0.6) is 0 Å². The highest BCUT2D eigenvalue weighted by molar-refractivity contribution is 6.12. The number of hydrogen-bond acceptors (Lipinski definition) is 6. The fourth-order valence-corrected chi connectivity index (χ4v) is 5.27. The van der Waals surface area contributed by atoms with Crippen molar-refractivity contribution in [3.63, 3.8) is 0 Å². The lowest BCUT2D eigenvalue weighted by molar-refractivity contribution is 0.0318. The molecule has 2 N–H and O–H groups in total. The number of carbonyl (C=O) groups is 2. The molecular weight excluding hydrogens is 585 g/mol. The minimum atomic E-state index is -0.323. The molecule has 0 amide bonds. The van der Waals surface area contributed by atoms with Gasteiger partial charge in [0.05, 0.1) is 24.3 Å². The van der Waals surface area contributed by atoms with E-state index in [1.54, 1.807) is 0 Å². The summed E-state index contributed by atoms with van der Waals surface area (Å²) in [6, 6.07) is 11.4. The minimum Gasteiger partial charge on any atom is -0.462 e. The smallest absolute Gasteiger partial charge is 0.338 e. The third-order valence-electron chi connectivity index (χ3n) is 7.75. The highest BCUT2D eigenvalue weighted by Crippen LogP contribution is 2.32. The second-order valence-electron chi connectivity index (χ2n) is 12.6. The van der Waals surface area contributed by atoms with Crippen LogP contribution in [-0.4, -0.2) is 55.9 Å². The van der Waals surface area contributed by atoms with E-state index in [9.17, 15) is 9.59 Å². The predicted molar refractivity (Wildman–Crippen MR) is 183 cm³/mol. The fourth-order valence-electron chi connectivity index (χ4n) is 5.27. The SMILES string of the molecule is CCNCCCC(C)(C)COC(=O)c1ccc2c(c1)c1cc(C(=O)OCC(C)(C)CCCNCC)ccc1n2CC.Cl.Cl. The highest BCUT2D eigenvalue weighted by Gasteiger charge is 2.23. The Morgan fingerprint density at radius 1 is 0.698 bits per heavy atom. The Morgan fingerprint density at radius 2 is 1.09 bits per heavy atom. The van der Waals surface area contributed by atoms with Crippen molar-refractivity contribution in [2.75, 3.05) is 39.4 Å². The second-order valence-corrected chi connectivity index (χ2v) is 12.6. The van der Waals surface area contributed by atoms with Crippen molar-refractivity contribution in [2.24, 2.45) is 10.8 Å². The van der Waals surface area contributed by atoms with E-state index >= 15 is 0 Å². The lowest BCUT2D eigenvalue weighted by Crippen LogP contribution is -2.24. The molecule has 0 fully saturated rings. The molecule has 7 nitrogen and oxygen atoms in total. The molecule has 0 aliphatic carbocycles. The van der Waals surface area contributed by atoms with Gasteiger partial charge in [-0.1, -0.05) is 41.5 Å². The van der Waals surface area contributed by atoms with Crippen LogP contribution in [0.3, 0.4) is 0 Å². The van der Waals surface area contributed by atoms with Crippen LogP contribution in [0.15, 0.2) is 36.4 Å². The van der Waals surface area contributed by atoms with Gasteiger partial charge in [-0.05, 0) is 106 Å². The summed E-state index contributed by atoms with van der Waals surface area (Å²) in [7, 11) is 0. The summed E-state index contributed by atoms with van der Waals surface area (Å²) in [5.74, 6) is -0.646. The van der Waals surface area contributed by atoms with E-state index in [-0.39, 0.29) is 47.6 Å². The quantitative estimate of drug-likeness (QED) is 0.116. The Hall–Kier alpha value is -2.32. The Morgan fingerprint density at radius 3 is 1.44 bits per heavy atom. The maximum Gasteiger partial charge on any atom is 0.338 e. The Balaban J connectivity index is 0.00000462. The molecule has 0 unspecified atom stereocenters. The molecule has 0 radical (unpaired) electrons. The predicted octanol–water partition coefficient (Wildman–Crippen LogP) is 7.80. The van der Waals surface area contributed by atoms with Crippen molar-refractivity contribution < 1.29 is 19.1 Å². The first-order valence-electron chi connectivity index (χ1n) is 15.3. The maximum atomic E-state index is 13.1. The number of benzene rings is 2. The monoisotopic (exact) mass is 637 g/mol. The van der Waals surface area contributed by atoms with Gasteiger partial charge in [-0.2, -0.15) is 0 Å². The van der Waals surface area contributed by atoms with Crippen molar-refractivity contribution in [3.05, 3.63) is 47.5 Å².